The third-order valence-electron chi connectivity index (χ3n) is 2.33. The zero-order valence-electron chi connectivity index (χ0n) is 11.3. The van der Waals surface area contributed by atoms with E-state index < -0.39 is 0 Å². The van der Waals surface area contributed by atoms with Crippen LogP contribution in [0, 0.1) is 5.92 Å². The van der Waals surface area contributed by atoms with Crippen LogP contribution in [0.15, 0.2) is 30.9 Å². The van der Waals surface area contributed by atoms with Gasteiger partial charge in [0, 0.05) is 11.5 Å². The molecule has 1 radical (unpaired) electrons. The molecule has 0 heterocycles. The van der Waals surface area contributed by atoms with Gasteiger partial charge in [0.1, 0.15) is 5.60 Å². The van der Waals surface area contributed by atoms with Crippen LogP contribution in [0.2, 0.25) is 0 Å². The first-order valence-corrected chi connectivity index (χ1v) is 5.71. The predicted octanol–water partition coefficient (Wildman–Crippen LogP) is 4.00. The van der Waals surface area contributed by atoms with E-state index in [1.807, 2.05) is 52.0 Å². The van der Waals surface area contributed by atoms with E-state index in [1.165, 1.54) is 0 Å². The summed E-state index contributed by atoms with van der Waals surface area (Å²) in [7, 11) is 1.66. The second-order valence-corrected chi connectivity index (χ2v) is 4.94. The number of rotatable bonds is 4. The highest BCUT2D eigenvalue weighted by Gasteiger charge is 2.19. The van der Waals surface area contributed by atoms with Gasteiger partial charge < -0.3 is 9.47 Å². The number of methoxy groups -OCH3 is 1. The molecule has 0 fully saturated rings. The number of hydrogen-bond acceptors (Lipinski definition) is 2. The van der Waals surface area contributed by atoms with Crippen LogP contribution in [0.4, 0.5) is 0 Å². The Hall–Kier alpha value is -1.44. The van der Waals surface area contributed by atoms with Crippen LogP contribution in [0.1, 0.15) is 33.3 Å². The van der Waals surface area contributed by atoms with Gasteiger partial charge in [-0.15, -0.1) is 6.58 Å². The third kappa shape index (κ3) is 3.52. The molecular weight excluding hydrogens is 212 g/mol. The first-order valence-electron chi connectivity index (χ1n) is 5.71. The molecule has 0 saturated heterocycles. The molecule has 1 rings (SSSR count). The van der Waals surface area contributed by atoms with E-state index in [-0.39, 0.29) is 5.60 Å². The van der Waals surface area contributed by atoms with Gasteiger partial charge in [-0.2, -0.15) is 0 Å². The lowest BCUT2D eigenvalue weighted by atomic mass is 10.00. The van der Waals surface area contributed by atoms with E-state index in [4.69, 9.17) is 9.47 Å². The highest BCUT2D eigenvalue weighted by molar-refractivity contribution is 5.54. The maximum atomic E-state index is 5.89. The molecule has 0 bridgehead atoms. The number of hydrogen-bond donors (Lipinski definition) is 0. The molecule has 2 heteroatoms. The molecule has 0 spiro atoms. The summed E-state index contributed by atoms with van der Waals surface area (Å²) >= 11 is 0. The molecule has 0 amide bonds. The second kappa shape index (κ2) is 5.26. The molecule has 17 heavy (non-hydrogen) atoms. The largest absolute Gasteiger partial charge is 0.493 e. The van der Waals surface area contributed by atoms with Crippen molar-refractivity contribution < 1.29 is 9.47 Å². The summed E-state index contributed by atoms with van der Waals surface area (Å²) in [6.45, 7) is 11.8. The first kappa shape index (κ1) is 13.6. The smallest absolute Gasteiger partial charge is 0.164 e. The van der Waals surface area contributed by atoms with Gasteiger partial charge in [-0.1, -0.05) is 25.1 Å². The fraction of sp³-hybridized carbons (Fsp3) is 0.400. The van der Waals surface area contributed by atoms with Crippen LogP contribution < -0.4 is 9.47 Å². The Kier molecular flexibility index (Phi) is 4.22. The third-order valence-corrected chi connectivity index (χ3v) is 2.33. The van der Waals surface area contributed by atoms with E-state index in [1.54, 1.807) is 7.11 Å². The molecule has 1 aromatic rings. The quantitative estimate of drug-likeness (QED) is 0.782. The molecular formula is C15H21O2. The van der Waals surface area contributed by atoms with Crippen molar-refractivity contribution in [3.63, 3.8) is 0 Å². The standard InChI is InChI=1S/C15H21O2/c1-7-11(2)12-9-8-10-13(14(12)16-6)17-15(3,4)5/h7-10H,1H2,2-6H3. The van der Waals surface area contributed by atoms with Crippen molar-refractivity contribution in [2.45, 2.75) is 33.3 Å². The average Bonchev–Trinajstić information content (AvgIpc) is 2.25. The van der Waals surface area contributed by atoms with E-state index in [0.29, 0.717) is 0 Å². The molecule has 0 aliphatic heterocycles. The number of para-hydroxylation sites is 1. The number of benzene rings is 1. The van der Waals surface area contributed by atoms with Gasteiger partial charge in [-0.3, -0.25) is 0 Å². The van der Waals surface area contributed by atoms with Gasteiger partial charge >= 0.3 is 0 Å². The minimum atomic E-state index is -0.242. The SMILES string of the molecule is C=C[C](C)c1cccc(OC(C)(C)C)c1OC. The predicted molar refractivity (Wildman–Crippen MR) is 71.6 cm³/mol. The highest BCUT2D eigenvalue weighted by Crippen LogP contribution is 2.37. The van der Waals surface area contributed by atoms with Crippen LogP contribution in [-0.2, 0) is 0 Å². The topological polar surface area (TPSA) is 18.5 Å². The van der Waals surface area contributed by atoms with Gasteiger partial charge in [0.2, 0.25) is 0 Å². The zero-order valence-corrected chi connectivity index (χ0v) is 11.3. The summed E-state index contributed by atoms with van der Waals surface area (Å²) in [5.41, 5.74) is 0.776. The molecule has 0 atom stereocenters. The fourth-order valence-corrected chi connectivity index (χ4v) is 1.56. The summed E-state index contributed by atoms with van der Waals surface area (Å²) in [5, 5.41) is 0. The second-order valence-electron chi connectivity index (χ2n) is 4.94. The monoisotopic (exact) mass is 233 g/mol. The van der Waals surface area contributed by atoms with Crippen LogP contribution in [0.25, 0.3) is 0 Å². The molecule has 0 aromatic heterocycles. The van der Waals surface area contributed by atoms with Crippen LogP contribution in [0.3, 0.4) is 0 Å². The normalized spacial score (nSPS) is 11.4. The van der Waals surface area contributed by atoms with Crippen molar-refractivity contribution >= 4 is 0 Å². The Labute approximate surface area is 104 Å². The Morgan fingerprint density at radius 1 is 1.29 bits per heavy atom. The van der Waals surface area contributed by atoms with Crippen molar-refractivity contribution in [2.24, 2.45) is 0 Å². The Morgan fingerprint density at radius 3 is 2.41 bits per heavy atom. The number of allylic oxidation sites excluding steroid dienone is 1. The van der Waals surface area contributed by atoms with Crippen molar-refractivity contribution in [3.8, 4) is 11.5 Å². The van der Waals surface area contributed by atoms with Crippen LogP contribution >= 0.6 is 0 Å². The Balaban J connectivity index is 3.18. The molecule has 1 aromatic carbocycles. The van der Waals surface area contributed by atoms with E-state index in [0.717, 1.165) is 23.0 Å². The lowest BCUT2D eigenvalue weighted by Gasteiger charge is -2.24. The van der Waals surface area contributed by atoms with Crippen molar-refractivity contribution in [2.75, 3.05) is 7.11 Å². The molecule has 0 aliphatic rings. The van der Waals surface area contributed by atoms with Crippen molar-refractivity contribution in [1.82, 2.24) is 0 Å². The van der Waals surface area contributed by atoms with Gasteiger partial charge in [0.15, 0.2) is 11.5 Å². The maximum Gasteiger partial charge on any atom is 0.164 e. The fourth-order valence-electron chi connectivity index (χ4n) is 1.56. The minimum Gasteiger partial charge on any atom is -0.493 e. The highest BCUT2D eigenvalue weighted by atomic mass is 16.5. The van der Waals surface area contributed by atoms with E-state index in [2.05, 4.69) is 6.58 Å². The molecule has 0 saturated carbocycles. The number of ether oxygens (including phenoxy) is 2. The van der Waals surface area contributed by atoms with Gasteiger partial charge in [0.05, 0.1) is 7.11 Å². The molecule has 93 valence electrons. The van der Waals surface area contributed by atoms with Gasteiger partial charge in [-0.05, 0) is 26.8 Å². The van der Waals surface area contributed by atoms with Crippen LogP contribution in [-0.4, -0.2) is 12.7 Å². The first-order chi connectivity index (χ1) is 7.89. The summed E-state index contributed by atoms with van der Waals surface area (Å²) in [6, 6.07) is 5.89. The zero-order chi connectivity index (χ0) is 13.1. The summed E-state index contributed by atoms with van der Waals surface area (Å²) in [6.07, 6.45) is 1.82. The van der Waals surface area contributed by atoms with Gasteiger partial charge in [0.25, 0.3) is 0 Å². The minimum absolute atomic E-state index is 0.242. The van der Waals surface area contributed by atoms with Crippen LogP contribution in [0.5, 0.6) is 11.5 Å². The summed E-state index contributed by atoms with van der Waals surface area (Å²) in [5.74, 6) is 2.60. The van der Waals surface area contributed by atoms with E-state index in [9.17, 15) is 0 Å². The molecule has 2 nitrogen and oxygen atoms in total. The molecule has 0 aliphatic carbocycles. The van der Waals surface area contributed by atoms with Crippen molar-refractivity contribution in [1.29, 1.82) is 0 Å². The Bertz CT molecular complexity index is 388. The van der Waals surface area contributed by atoms with Gasteiger partial charge in [-0.25, -0.2) is 0 Å². The molecule has 0 N–H and O–H groups in total. The summed E-state index contributed by atoms with van der Waals surface area (Å²) < 4.78 is 11.3. The molecule has 0 unspecified atom stereocenters. The summed E-state index contributed by atoms with van der Waals surface area (Å²) in [4.78, 5) is 0. The Morgan fingerprint density at radius 2 is 1.94 bits per heavy atom. The maximum absolute atomic E-state index is 5.89. The van der Waals surface area contributed by atoms with E-state index >= 15 is 0 Å². The lowest BCUT2D eigenvalue weighted by Crippen LogP contribution is -2.23. The lowest BCUT2D eigenvalue weighted by molar-refractivity contribution is 0.125. The van der Waals surface area contributed by atoms with Crippen molar-refractivity contribution in [3.05, 3.63) is 42.3 Å². The average molecular weight is 233 g/mol.